The fourth-order valence-electron chi connectivity index (χ4n) is 2.56. The summed E-state index contributed by atoms with van der Waals surface area (Å²) in [6.45, 7) is 2.73. The number of pyridine rings is 1. The van der Waals surface area contributed by atoms with E-state index in [1.807, 2.05) is 31.1 Å². The van der Waals surface area contributed by atoms with Gasteiger partial charge in [0.2, 0.25) is 0 Å². The third-order valence-electron chi connectivity index (χ3n) is 4.00. The number of amides is 2. The number of urea groups is 1. The van der Waals surface area contributed by atoms with E-state index in [9.17, 15) is 14.7 Å². The second kappa shape index (κ2) is 6.21. The quantitative estimate of drug-likeness (QED) is 0.871. The molecule has 1 aliphatic rings. The predicted octanol–water partition coefficient (Wildman–Crippen LogP) is 1.15. The van der Waals surface area contributed by atoms with Crippen molar-refractivity contribution >= 4 is 17.8 Å². The minimum Gasteiger partial charge on any atom is -0.481 e. The van der Waals surface area contributed by atoms with Gasteiger partial charge in [-0.15, -0.1) is 0 Å². The summed E-state index contributed by atoms with van der Waals surface area (Å²) in [5.74, 6) is -0.0513. The van der Waals surface area contributed by atoms with Crippen molar-refractivity contribution in [1.29, 1.82) is 0 Å². The summed E-state index contributed by atoms with van der Waals surface area (Å²) in [5, 5.41) is 12.0. The molecule has 0 radical (unpaired) electrons. The van der Waals surface area contributed by atoms with Crippen molar-refractivity contribution in [2.75, 3.05) is 32.1 Å². The molecule has 22 heavy (non-hydrogen) atoms. The minimum atomic E-state index is -0.857. The Morgan fingerprint density at radius 2 is 2.23 bits per heavy atom. The zero-order valence-corrected chi connectivity index (χ0v) is 13.2. The van der Waals surface area contributed by atoms with E-state index >= 15 is 0 Å². The third kappa shape index (κ3) is 3.29. The minimum absolute atomic E-state index is 0.237. The summed E-state index contributed by atoms with van der Waals surface area (Å²) < 4.78 is 0. The van der Waals surface area contributed by atoms with E-state index in [1.54, 1.807) is 18.0 Å². The number of nitrogens with one attached hydrogen (secondary N) is 1. The molecule has 1 atom stereocenters. The van der Waals surface area contributed by atoms with E-state index in [0.29, 0.717) is 19.5 Å². The van der Waals surface area contributed by atoms with Gasteiger partial charge in [0.1, 0.15) is 5.82 Å². The van der Waals surface area contributed by atoms with Gasteiger partial charge >= 0.3 is 12.0 Å². The van der Waals surface area contributed by atoms with Gasteiger partial charge in [0.25, 0.3) is 0 Å². The first-order valence-corrected chi connectivity index (χ1v) is 7.21. The van der Waals surface area contributed by atoms with Gasteiger partial charge < -0.3 is 20.2 Å². The first-order valence-electron chi connectivity index (χ1n) is 7.21. The summed E-state index contributed by atoms with van der Waals surface area (Å²) >= 11 is 0. The van der Waals surface area contributed by atoms with E-state index in [0.717, 1.165) is 11.4 Å². The Kier molecular flexibility index (Phi) is 4.54. The molecule has 7 nitrogen and oxygen atoms in total. The highest BCUT2D eigenvalue weighted by Gasteiger charge is 2.42. The molecule has 0 bridgehead atoms. The van der Waals surface area contributed by atoms with Crippen molar-refractivity contribution in [2.45, 2.75) is 19.9 Å². The number of hydrogen-bond acceptors (Lipinski definition) is 4. The Bertz CT molecular complexity index is 576. The van der Waals surface area contributed by atoms with E-state index in [1.165, 1.54) is 0 Å². The molecule has 1 aliphatic heterocycles. The van der Waals surface area contributed by atoms with Crippen molar-refractivity contribution in [3.05, 3.63) is 23.9 Å². The van der Waals surface area contributed by atoms with Gasteiger partial charge in [-0.05, 0) is 19.4 Å². The lowest BCUT2D eigenvalue weighted by Crippen LogP contribution is -2.40. The van der Waals surface area contributed by atoms with Crippen LogP contribution in [-0.4, -0.2) is 54.2 Å². The second-order valence-corrected chi connectivity index (χ2v) is 6.08. The lowest BCUT2D eigenvalue weighted by molar-refractivity contribution is -0.146. The zero-order valence-electron chi connectivity index (χ0n) is 13.2. The van der Waals surface area contributed by atoms with Gasteiger partial charge in [-0.2, -0.15) is 0 Å². The highest BCUT2D eigenvalue weighted by molar-refractivity contribution is 5.79. The lowest BCUT2D eigenvalue weighted by atomic mass is 9.90. The number of carboxylic acid groups (broad SMARTS) is 1. The maximum atomic E-state index is 12.2. The molecule has 1 aromatic heterocycles. The molecule has 1 saturated heterocycles. The number of carboxylic acids is 1. The van der Waals surface area contributed by atoms with E-state index in [4.69, 9.17) is 0 Å². The van der Waals surface area contributed by atoms with Crippen LogP contribution in [0.25, 0.3) is 0 Å². The monoisotopic (exact) mass is 306 g/mol. The van der Waals surface area contributed by atoms with Crippen molar-refractivity contribution < 1.29 is 14.7 Å². The molecule has 7 heteroatoms. The largest absolute Gasteiger partial charge is 0.481 e. The average Bonchev–Trinajstić information content (AvgIpc) is 2.89. The zero-order chi connectivity index (χ0) is 16.3. The van der Waals surface area contributed by atoms with Gasteiger partial charge in [0.15, 0.2) is 0 Å². The van der Waals surface area contributed by atoms with Crippen LogP contribution in [0.5, 0.6) is 0 Å². The fraction of sp³-hybridized carbons (Fsp3) is 0.533. The van der Waals surface area contributed by atoms with Crippen LogP contribution in [0.3, 0.4) is 0 Å². The van der Waals surface area contributed by atoms with Crippen LogP contribution < -0.4 is 10.2 Å². The van der Waals surface area contributed by atoms with Gasteiger partial charge in [-0.1, -0.05) is 6.07 Å². The van der Waals surface area contributed by atoms with E-state index in [2.05, 4.69) is 10.3 Å². The molecule has 120 valence electrons. The fourth-order valence-corrected chi connectivity index (χ4v) is 2.56. The van der Waals surface area contributed by atoms with Crippen molar-refractivity contribution in [2.24, 2.45) is 5.41 Å². The summed E-state index contributed by atoms with van der Waals surface area (Å²) in [6.07, 6.45) is 2.19. The van der Waals surface area contributed by atoms with Gasteiger partial charge in [0.05, 0.1) is 5.41 Å². The predicted molar refractivity (Wildman–Crippen MR) is 82.7 cm³/mol. The van der Waals surface area contributed by atoms with Crippen LogP contribution in [0.1, 0.15) is 18.9 Å². The second-order valence-electron chi connectivity index (χ2n) is 6.08. The Morgan fingerprint density at radius 3 is 2.82 bits per heavy atom. The van der Waals surface area contributed by atoms with Crippen LogP contribution in [0.15, 0.2) is 18.3 Å². The smallest absolute Gasteiger partial charge is 0.317 e. The highest BCUT2D eigenvalue weighted by Crippen LogP contribution is 2.30. The SMILES string of the molecule is CN(C)c1ncccc1CNC(=O)N1CCC(C)(C(=O)O)C1. The molecule has 1 aromatic rings. The number of carbonyl (C=O) groups is 2. The number of aliphatic carboxylic acids is 1. The van der Waals surface area contributed by atoms with E-state index in [-0.39, 0.29) is 12.6 Å². The molecule has 1 unspecified atom stereocenters. The summed E-state index contributed by atoms with van der Waals surface area (Å²) in [5.41, 5.74) is 0.0708. The molecule has 2 amide bonds. The number of anilines is 1. The lowest BCUT2D eigenvalue weighted by Gasteiger charge is -2.21. The standard InChI is InChI=1S/C15H22N4O3/c1-15(13(20)21)6-8-19(10-15)14(22)17-9-11-5-4-7-16-12(11)18(2)3/h4-5,7H,6,8-10H2,1-3H3,(H,17,22)(H,20,21). The van der Waals surface area contributed by atoms with Crippen molar-refractivity contribution in [1.82, 2.24) is 15.2 Å². The van der Waals surface area contributed by atoms with Crippen LogP contribution in [-0.2, 0) is 11.3 Å². The molecule has 0 spiro atoms. The number of hydrogen-bond donors (Lipinski definition) is 2. The maximum Gasteiger partial charge on any atom is 0.317 e. The van der Waals surface area contributed by atoms with Gasteiger partial charge in [-0.25, -0.2) is 9.78 Å². The number of rotatable bonds is 4. The third-order valence-corrected chi connectivity index (χ3v) is 4.00. The van der Waals surface area contributed by atoms with Crippen LogP contribution >= 0.6 is 0 Å². The topological polar surface area (TPSA) is 85.8 Å². The molecule has 0 aliphatic carbocycles. The van der Waals surface area contributed by atoms with Crippen LogP contribution in [0.2, 0.25) is 0 Å². The first-order chi connectivity index (χ1) is 10.3. The van der Waals surface area contributed by atoms with Crippen molar-refractivity contribution in [3.8, 4) is 0 Å². The summed E-state index contributed by atoms with van der Waals surface area (Å²) in [7, 11) is 3.79. The van der Waals surface area contributed by atoms with Gasteiger partial charge in [-0.3, -0.25) is 4.79 Å². The summed E-state index contributed by atoms with van der Waals surface area (Å²) in [4.78, 5) is 31.1. The number of carbonyl (C=O) groups excluding carboxylic acids is 1. The number of likely N-dealkylation sites (tertiary alicyclic amines) is 1. The van der Waals surface area contributed by atoms with E-state index < -0.39 is 11.4 Å². The molecule has 2 N–H and O–H groups in total. The Balaban J connectivity index is 1.96. The molecule has 0 saturated carbocycles. The molecule has 2 heterocycles. The molecular weight excluding hydrogens is 284 g/mol. The number of nitrogens with zero attached hydrogens (tertiary/aromatic N) is 3. The van der Waals surface area contributed by atoms with Crippen LogP contribution in [0, 0.1) is 5.41 Å². The van der Waals surface area contributed by atoms with Crippen molar-refractivity contribution in [3.63, 3.8) is 0 Å². The average molecular weight is 306 g/mol. The molecule has 2 rings (SSSR count). The Hall–Kier alpha value is -2.31. The molecule has 1 fully saturated rings. The summed E-state index contributed by atoms with van der Waals surface area (Å²) in [6, 6.07) is 3.50. The Morgan fingerprint density at radius 1 is 1.50 bits per heavy atom. The first kappa shape index (κ1) is 16.1. The molecular formula is C15H22N4O3. The van der Waals surface area contributed by atoms with Crippen LogP contribution in [0.4, 0.5) is 10.6 Å². The maximum absolute atomic E-state index is 12.2. The Labute approximate surface area is 129 Å². The highest BCUT2D eigenvalue weighted by atomic mass is 16.4. The number of aromatic nitrogens is 1. The normalized spacial score (nSPS) is 20.8. The van der Waals surface area contributed by atoms with Gasteiger partial charge in [0, 0.05) is 45.5 Å². The molecule has 0 aromatic carbocycles.